The van der Waals surface area contributed by atoms with Gasteiger partial charge in [-0.1, -0.05) is 18.2 Å². The summed E-state index contributed by atoms with van der Waals surface area (Å²) in [7, 11) is 1.71. The first-order valence-electron chi connectivity index (χ1n) is 7.02. The number of rotatable bonds is 2. The second-order valence-electron chi connectivity index (χ2n) is 5.35. The Morgan fingerprint density at radius 3 is 3.00 bits per heavy atom. The Labute approximate surface area is 118 Å². The van der Waals surface area contributed by atoms with E-state index < -0.39 is 0 Å². The van der Waals surface area contributed by atoms with Crippen molar-refractivity contribution in [3.63, 3.8) is 0 Å². The van der Waals surface area contributed by atoms with Gasteiger partial charge in [-0.25, -0.2) is 0 Å². The van der Waals surface area contributed by atoms with Gasteiger partial charge < -0.3 is 10.2 Å². The average Bonchev–Trinajstić information content (AvgIpc) is 2.95. The molecule has 2 heterocycles. The fourth-order valence-electron chi connectivity index (χ4n) is 2.94. The molecule has 1 aliphatic heterocycles. The third-order valence-electron chi connectivity index (χ3n) is 3.97. The molecule has 104 valence electrons. The molecular weight excluding hydrogens is 250 g/mol. The Hall–Kier alpha value is -2.10. The summed E-state index contributed by atoms with van der Waals surface area (Å²) in [6, 6.07) is 10.3. The van der Waals surface area contributed by atoms with Crippen LogP contribution in [0.5, 0.6) is 0 Å². The van der Waals surface area contributed by atoms with Crippen LogP contribution in [0, 0.1) is 12.8 Å². The van der Waals surface area contributed by atoms with Gasteiger partial charge in [0.1, 0.15) is 0 Å². The molecule has 1 unspecified atom stereocenters. The van der Waals surface area contributed by atoms with Crippen molar-refractivity contribution in [3.8, 4) is 0 Å². The highest BCUT2D eigenvalue weighted by atomic mass is 16.1. The Balaban J connectivity index is 1.97. The van der Waals surface area contributed by atoms with Crippen LogP contribution in [0.25, 0.3) is 10.9 Å². The van der Waals surface area contributed by atoms with E-state index in [0.29, 0.717) is 0 Å². The first-order valence-corrected chi connectivity index (χ1v) is 7.02. The molecule has 0 saturated carbocycles. The molecule has 0 bridgehead atoms. The number of anilines is 1. The number of hydrogen-bond acceptors (Lipinski definition) is 3. The van der Waals surface area contributed by atoms with Gasteiger partial charge in [-0.15, -0.1) is 0 Å². The van der Waals surface area contributed by atoms with Crippen molar-refractivity contribution in [2.75, 3.05) is 25.0 Å². The third kappa shape index (κ3) is 2.22. The summed E-state index contributed by atoms with van der Waals surface area (Å²) in [5, 5.41) is 3.91. The SMILES string of the molecule is CNC(=O)C1CCN(c2cc(C)nc3ccccc23)C1. The zero-order chi connectivity index (χ0) is 14.1. The molecule has 1 N–H and O–H groups in total. The molecule has 0 radical (unpaired) electrons. The number of nitrogens with one attached hydrogen (secondary N) is 1. The molecule has 20 heavy (non-hydrogen) atoms. The summed E-state index contributed by atoms with van der Waals surface area (Å²) in [6.07, 6.45) is 0.912. The summed E-state index contributed by atoms with van der Waals surface area (Å²) >= 11 is 0. The van der Waals surface area contributed by atoms with E-state index in [1.165, 1.54) is 5.69 Å². The van der Waals surface area contributed by atoms with Crippen LogP contribution in [0.1, 0.15) is 12.1 Å². The average molecular weight is 269 g/mol. The Morgan fingerprint density at radius 2 is 2.20 bits per heavy atom. The Morgan fingerprint density at radius 1 is 1.40 bits per heavy atom. The lowest BCUT2D eigenvalue weighted by Gasteiger charge is -2.21. The molecule has 1 saturated heterocycles. The molecule has 1 aliphatic rings. The molecule has 0 aliphatic carbocycles. The second-order valence-corrected chi connectivity index (χ2v) is 5.35. The minimum Gasteiger partial charge on any atom is -0.370 e. The van der Waals surface area contributed by atoms with Gasteiger partial charge in [0.15, 0.2) is 0 Å². The molecule has 0 spiro atoms. The van der Waals surface area contributed by atoms with Crippen molar-refractivity contribution in [2.24, 2.45) is 5.92 Å². The fourth-order valence-corrected chi connectivity index (χ4v) is 2.94. The number of aryl methyl sites for hydroxylation is 1. The Kier molecular flexibility index (Phi) is 3.30. The van der Waals surface area contributed by atoms with Crippen LogP contribution in [0.2, 0.25) is 0 Å². The van der Waals surface area contributed by atoms with Gasteiger partial charge in [-0.3, -0.25) is 9.78 Å². The standard InChI is InChI=1S/C16H19N3O/c1-11-9-15(13-5-3-4-6-14(13)18-11)19-8-7-12(10-19)16(20)17-2/h3-6,9,12H,7-8,10H2,1-2H3,(H,17,20). The van der Waals surface area contributed by atoms with E-state index in [2.05, 4.69) is 27.3 Å². The van der Waals surface area contributed by atoms with Crippen LogP contribution in [-0.2, 0) is 4.79 Å². The highest BCUT2D eigenvalue weighted by molar-refractivity contribution is 5.92. The normalized spacial score (nSPS) is 18.5. The summed E-state index contributed by atoms with van der Waals surface area (Å²) in [4.78, 5) is 18.6. The first kappa shape index (κ1) is 12.9. The molecule has 3 rings (SSSR count). The van der Waals surface area contributed by atoms with Crippen molar-refractivity contribution in [1.82, 2.24) is 10.3 Å². The molecule has 1 amide bonds. The number of nitrogens with zero attached hydrogens (tertiary/aromatic N) is 2. The van der Waals surface area contributed by atoms with Crippen LogP contribution in [-0.4, -0.2) is 31.0 Å². The lowest BCUT2D eigenvalue weighted by atomic mass is 10.1. The van der Waals surface area contributed by atoms with Gasteiger partial charge in [0, 0.05) is 36.9 Å². The predicted octanol–water partition coefficient (Wildman–Crippen LogP) is 2.12. The van der Waals surface area contributed by atoms with E-state index >= 15 is 0 Å². The van der Waals surface area contributed by atoms with Crippen LogP contribution in [0.15, 0.2) is 30.3 Å². The Bertz CT molecular complexity index is 653. The molecule has 1 aromatic carbocycles. The maximum absolute atomic E-state index is 11.8. The zero-order valence-corrected chi connectivity index (χ0v) is 11.9. The highest BCUT2D eigenvalue weighted by Gasteiger charge is 2.28. The van der Waals surface area contributed by atoms with Gasteiger partial charge in [0.05, 0.1) is 11.4 Å². The van der Waals surface area contributed by atoms with E-state index in [1.54, 1.807) is 7.05 Å². The van der Waals surface area contributed by atoms with Crippen LogP contribution in [0.3, 0.4) is 0 Å². The van der Waals surface area contributed by atoms with E-state index in [0.717, 1.165) is 36.1 Å². The lowest BCUT2D eigenvalue weighted by molar-refractivity contribution is -0.123. The quantitative estimate of drug-likeness (QED) is 0.908. The monoisotopic (exact) mass is 269 g/mol. The number of benzene rings is 1. The lowest BCUT2D eigenvalue weighted by Crippen LogP contribution is -2.30. The minimum absolute atomic E-state index is 0.0900. The molecule has 2 aromatic rings. The van der Waals surface area contributed by atoms with Crippen molar-refractivity contribution in [2.45, 2.75) is 13.3 Å². The van der Waals surface area contributed by atoms with E-state index in [1.807, 2.05) is 25.1 Å². The zero-order valence-electron chi connectivity index (χ0n) is 11.9. The van der Waals surface area contributed by atoms with Gasteiger partial charge in [0.25, 0.3) is 0 Å². The number of carbonyl (C=O) groups is 1. The fraction of sp³-hybridized carbons (Fsp3) is 0.375. The molecule has 4 nitrogen and oxygen atoms in total. The van der Waals surface area contributed by atoms with Crippen molar-refractivity contribution in [1.29, 1.82) is 0 Å². The molecule has 4 heteroatoms. The van der Waals surface area contributed by atoms with Crippen LogP contribution >= 0.6 is 0 Å². The van der Waals surface area contributed by atoms with Gasteiger partial charge in [-0.05, 0) is 25.5 Å². The predicted molar refractivity (Wildman–Crippen MR) is 80.9 cm³/mol. The number of amides is 1. The summed E-state index contributed by atoms with van der Waals surface area (Å²) in [6.45, 7) is 3.72. The first-order chi connectivity index (χ1) is 9.69. The maximum Gasteiger partial charge on any atom is 0.224 e. The van der Waals surface area contributed by atoms with E-state index in [-0.39, 0.29) is 11.8 Å². The number of carbonyl (C=O) groups excluding carboxylic acids is 1. The van der Waals surface area contributed by atoms with Crippen molar-refractivity contribution >= 4 is 22.5 Å². The summed E-state index contributed by atoms with van der Waals surface area (Å²) < 4.78 is 0. The number of hydrogen-bond donors (Lipinski definition) is 1. The molecule has 1 aromatic heterocycles. The van der Waals surface area contributed by atoms with E-state index in [9.17, 15) is 4.79 Å². The highest BCUT2D eigenvalue weighted by Crippen LogP contribution is 2.30. The van der Waals surface area contributed by atoms with Crippen LogP contribution < -0.4 is 10.2 Å². The van der Waals surface area contributed by atoms with Crippen molar-refractivity contribution < 1.29 is 4.79 Å². The van der Waals surface area contributed by atoms with Gasteiger partial charge >= 0.3 is 0 Å². The molecule has 1 atom stereocenters. The smallest absolute Gasteiger partial charge is 0.224 e. The van der Waals surface area contributed by atoms with E-state index in [4.69, 9.17) is 0 Å². The van der Waals surface area contributed by atoms with Gasteiger partial charge in [0.2, 0.25) is 5.91 Å². The number of para-hydroxylation sites is 1. The van der Waals surface area contributed by atoms with Crippen molar-refractivity contribution in [3.05, 3.63) is 36.0 Å². The molecular formula is C16H19N3O. The second kappa shape index (κ2) is 5.12. The number of fused-ring (bicyclic) bond motifs is 1. The minimum atomic E-state index is 0.0900. The number of pyridine rings is 1. The summed E-state index contributed by atoms with van der Waals surface area (Å²) in [5.74, 6) is 0.231. The van der Waals surface area contributed by atoms with Gasteiger partial charge in [-0.2, -0.15) is 0 Å². The largest absolute Gasteiger partial charge is 0.370 e. The topological polar surface area (TPSA) is 45.2 Å². The maximum atomic E-state index is 11.8. The third-order valence-corrected chi connectivity index (χ3v) is 3.97. The number of aromatic nitrogens is 1. The molecule has 1 fully saturated rings. The summed E-state index contributed by atoms with van der Waals surface area (Å²) in [5.41, 5.74) is 3.23. The van der Waals surface area contributed by atoms with Crippen LogP contribution in [0.4, 0.5) is 5.69 Å².